The Balaban J connectivity index is 2.01. The molecule has 2 rings (SSSR count). The lowest BCUT2D eigenvalue weighted by molar-refractivity contribution is 0.0944. The van der Waals surface area contributed by atoms with Crippen LogP contribution in [0.4, 0.5) is 0 Å². The van der Waals surface area contributed by atoms with Gasteiger partial charge in [0.1, 0.15) is 0 Å². The van der Waals surface area contributed by atoms with Gasteiger partial charge in [0.05, 0.1) is 11.0 Å². The predicted molar refractivity (Wildman–Crippen MR) is 56.5 cm³/mol. The third-order valence-electron chi connectivity index (χ3n) is 1.90. The van der Waals surface area contributed by atoms with Gasteiger partial charge in [0.2, 0.25) is 6.39 Å². The minimum atomic E-state index is -0.305. The number of aromatic nitrogens is 4. The molecule has 0 aliphatic rings. The summed E-state index contributed by atoms with van der Waals surface area (Å²) in [5.74, 6) is 0.109. The number of H-pyrrole nitrogens is 1. The summed E-state index contributed by atoms with van der Waals surface area (Å²) in [6.07, 6.45) is 1.20. The second-order valence-electron chi connectivity index (χ2n) is 3.04. The molecule has 0 saturated heterocycles. The van der Waals surface area contributed by atoms with Gasteiger partial charge < -0.3 is 9.84 Å². The van der Waals surface area contributed by atoms with Crippen molar-refractivity contribution < 1.29 is 9.32 Å². The van der Waals surface area contributed by atoms with E-state index in [1.54, 1.807) is 0 Å². The first-order valence-electron chi connectivity index (χ1n) is 4.42. The van der Waals surface area contributed by atoms with Crippen LogP contribution in [-0.2, 0) is 6.54 Å². The fraction of sp³-hybridized carbons (Fsp3) is 0.250. The lowest BCUT2D eigenvalue weighted by Gasteiger charge is -1.99. The third kappa shape index (κ3) is 2.11. The first-order chi connectivity index (χ1) is 7.68. The number of rotatable bonds is 3. The number of hydrogen-bond donors (Lipinski definition) is 2. The first kappa shape index (κ1) is 10.8. The molecule has 7 nitrogen and oxygen atoms in total. The van der Waals surface area contributed by atoms with E-state index in [0.29, 0.717) is 16.0 Å². The average molecular weight is 286 g/mol. The first-order valence-corrected chi connectivity index (χ1v) is 5.21. The Bertz CT molecular complexity index is 493. The van der Waals surface area contributed by atoms with Gasteiger partial charge in [-0.2, -0.15) is 10.1 Å². The van der Waals surface area contributed by atoms with Crippen molar-refractivity contribution in [2.75, 3.05) is 0 Å². The molecule has 8 heteroatoms. The molecule has 0 radical (unpaired) electrons. The van der Waals surface area contributed by atoms with E-state index in [2.05, 4.69) is 46.1 Å². The fourth-order valence-corrected chi connectivity index (χ4v) is 1.44. The third-order valence-corrected chi connectivity index (χ3v) is 2.87. The summed E-state index contributed by atoms with van der Waals surface area (Å²) in [6, 6.07) is 0. The zero-order valence-corrected chi connectivity index (χ0v) is 9.91. The number of halogens is 1. The van der Waals surface area contributed by atoms with Gasteiger partial charge in [-0.15, -0.1) is 0 Å². The molecule has 0 spiro atoms. The molecule has 0 atom stereocenters. The standard InChI is InChI=1S/C8H8BrN5O2/c1-4-6(9)7(13-12-4)8(15)10-2-5-11-3-16-14-5/h3H,2H2,1H3,(H,10,15)(H,12,13). The molecule has 0 aromatic carbocycles. The van der Waals surface area contributed by atoms with Crippen molar-refractivity contribution in [1.29, 1.82) is 0 Å². The molecule has 0 fully saturated rings. The van der Waals surface area contributed by atoms with Crippen LogP contribution in [0.5, 0.6) is 0 Å². The van der Waals surface area contributed by atoms with Gasteiger partial charge in [-0.25, -0.2) is 0 Å². The zero-order valence-electron chi connectivity index (χ0n) is 8.32. The van der Waals surface area contributed by atoms with E-state index in [0.717, 1.165) is 5.69 Å². The van der Waals surface area contributed by atoms with E-state index in [1.807, 2.05) is 6.92 Å². The van der Waals surface area contributed by atoms with E-state index in [-0.39, 0.29) is 12.5 Å². The predicted octanol–water partition coefficient (Wildman–Crippen LogP) is 0.794. The SMILES string of the molecule is Cc1[nH]nc(C(=O)NCc2ncon2)c1Br. The Labute approximate surface area is 98.7 Å². The van der Waals surface area contributed by atoms with E-state index in [1.165, 1.54) is 6.39 Å². The van der Waals surface area contributed by atoms with Gasteiger partial charge in [0, 0.05) is 5.69 Å². The number of carbonyl (C=O) groups is 1. The van der Waals surface area contributed by atoms with E-state index < -0.39 is 0 Å². The molecule has 2 heterocycles. The van der Waals surface area contributed by atoms with Crippen molar-refractivity contribution in [3.05, 3.63) is 28.1 Å². The largest absolute Gasteiger partial charge is 0.343 e. The summed E-state index contributed by atoms with van der Waals surface area (Å²) in [7, 11) is 0. The molecule has 0 aliphatic heterocycles. The second-order valence-corrected chi connectivity index (χ2v) is 3.83. The smallest absolute Gasteiger partial charge is 0.273 e. The van der Waals surface area contributed by atoms with Crippen molar-refractivity contribution in [3.63, 3.8) is 0 Å². The van der Waals surface area contributed by atoms with Gasteiger partial charge in [-0.3, -0.25) is 9.89 Å². The van der Waals surface area contributed by atoms with Crippen LogP contribution in [0.1, 0.15) is 22.0 Å². The number of nitrogens with zero attached hydrogens (tertiary/aromatic N) is 3. The molecule has 2 aromatic rings. The molecule has 0 bridgehead atoms. The fourth-order valence-electron chi connectivity index (χ4n) is 1.08. The summed E-state index contributed by atoms with van der Waals surface area (Å²) in [6.45, 7) is 2.01. The summed E-state index contributed by atoms with van der Waals surface area (Å²) in [4.78, 5) is 15.4. The van der Waals surface area contributed by atoms with Gasteiger partial charge >= 0.3 is 0 Å². The lowest BCUT2D eigenvalue weighted by atomic mass is 10.3. The summed E-state index contributed by atoms with van der Waals surface area (Å²) >= 11 is 3.27. The van der Waals surface area contributed by atoms with Crippen LogP contribution in [-0.4, -0.2) is 26.2 Å². The summed E-state index contributed by atoms with van der Waals surface area (Å²) < 4.78 is 5.19. The van der Waals surface area contributed by atoms with Crippen molar-refractivity contribution in [3.8, 4) is 0 Å². The lowest BCUT2D eigenvalue weighted by Crippen LogP contribution is -2.24. The number of nitrogens with one attached hydrogen (secondary N) is 2. The highest BCUT2D eigenvalue weighted by Gasteiger charge is 2.15. The number of amides is 1. The molecule has 84 valence electrons. The van der Waals surface area contributed by atoms with Gasteiger partial charge in [0.15, 0.2) is 11.5 Å². The molecular weight excluding hydrogens is 278 g/mol. The number of aryl methyl sites for hydroxylation is 1. The van der Waals surface area contributed by atoms with Crippen LogP contribution in [0.25, 0.3) is 0 Å². The molecule has 0 unspecified atom stereocenters. The maximum absolute atomic E-state index is 11.7. The molecule has 0 saturated carbocycles. The Morgan fingerprint density at radius 3 is 3.06 bits per heavy atom. The zero-order chi connectivity index (χ0) is 11.5. The quantitative estimate of drug-likeness (QED) is 0.869. The van der Waals surface area contributed by atoms with Crippen molar-refractivity contribution in [1.82, 2.24) is 25.7 Å². The maximum Gasteiger partial charge on any atom is 0.273 e. The molecule has 0 aliphatic carbocycles. The van der Waals surface area contributed by atoms with Gasteiger partial charge in [-0.1, -0.05) is 5.16 Å². The number of carbonyl (C=O) groups excluding carboxylic acids is 1. The number of aromatic amines is 1. The van der Waals surface area contributed by atoms with E-state index >= 15 is 0 Å². The highest BCUT2D eigenvalue weighted by atomic mass is 79.9. The summed E-state index contributed by atoms with van der Waals surface area (Å²) in [5.41, 5.74) is 1.10. The highest BCUT2D eigenvalue weighted by molar-refractivity contribution is 9.10. The minimum absolute atomic E-state index is 0.202. The van der Waals surface area contributed by atoms with Gasteiger partial charge in [0.25, 0.3) is 5.91 Å². The van der Waals surface area contributed by atoms with E-state index in [4.69, 9.17) is 0 Å². The Hall–Kier alpha value is -1.70. The average Bonchev–Trinajstić information content (AvgIpc) is 2.88. The Morgan fingerprint density at radius 1 is 1.69 bits per heavy atom. The van der Waals surface area contributed by atoms with Crippen LogP contribution in [0, 0.1) is 6.92 Å². The Morgan fingerprint density at radius 2 is 2.50 bits per heavy atom. The number of hydrogen-bond acceptors (Lipinski definition) is 5. The highest BCUT2D eigenvalue weighted by Crippen LogP contribution is 2.17. The van der Waals surface area contributed by atoms with Crippen molar-refractivity contribution >= 4 is 21.8 Å². The Kier molecular flexibility index (Phi) is 3.00. The van der Waals surface area contributed by atoms with Gasteiger partial charge in [-0.05, 0) is 22.9 Å². The van der Waals surface area contributed by atoms with Crippen LogP contribution in [0.15, 0.2) is 15.4 Å². The minimum Gasteiger partial charge on any atom is -0.343 e. The second kappa shape index (κ2) is 4.44. The van der Waals surface area contributed by atoms with Crippen LogP contribution in [0.3, 0.4) is 0 Å². The van der Waals surface area contributed by atoms with Crippen molar-refractivity contribution in [2.45, 2.75) is 13.5 Å². The van der Waals surface area contributed by atoms with Crippen LogP contribution >= 0.6 is 15.9 Å². The maximum atomic E-state index is 11.7. The molecule has 16 heavy (non-hydrogen) atoms. The van der Waals surface area contributed by atoms with Crippen molar-refractivity contribution in [2.24, 2.45) is 0 Å². The topological polar surface area (TPSA) is 96.7 Å². The molecule has 2 aromatic heterocycles. The van der Waals surface area contributed by atoms with E-state index in [9.17, 15) is 4.79 Å². The monoisotopic (exact) mass is 285 g/mol. The molecule has 2 N–H and O–H groups in total. The normalized spacial score (nSPS) is 10.4. The molecule has 1 amide bonds. The van der Waals surface area contributed by atoms with Crippen LogP contribution in [0.2, 0.25) is 0 Å². The summed E-state index contributed by atoms with van der Waals surface area (Å²) in [5, 5.41) is 12.8. The molecular formula is C8H8BrN5O2. The van der Waals surface area contributed by atoms with Crippen LogP contribution < -0.4 is 5.32 Å².